The molecule has 1 aromatic carbocycles. The van der Waals surface area contributed by atoms with Gasteiger partial charge in [-0.3, -0.25) is 0 Å². The van der Waals surface area contributed by atoms with Gasteiger partial charge in [-0.1, -0.05) is 28.1 Å². The molecule has 120 valence electrons. The third kappa shape index (κ3) is 3.61. The van der Waals surface area contributed by atoms with Crippen molar-refractivity contribution in [2.45, 2.75) is 44.2 Å². The van der Waals surface area contributed by atoms with E-state index in [2.05, 4.69) is 21.2 Å². The predicted molar refractivity (Wildman–Crippen MR) is 85.6 cm³/mol. The van der Waals surface area contributed by atoms with E-state index >= 15 is 0 Å². The first-order chi connectivity index (χ1) is 10.2. The lowest BCUT2D eigenvalue weighted by atomic mass is 10.1. The van der Waals surface area contributed by atoms with Crippen LogP contribution >= 0.6 is 15.9 Å². The molecule has 0 heterocycles. The Morgan fingerprint density at radius 2 is 2.05 bits per heavy atom. The normalized spacial score (nSPS) is 23.6. The number of rotatable bonds is 3. The van der Waals surface area contributed by atoms with Crippen LogP contribution in [0.1, 0.15) is 38.7 Å². The Morgan fingerprint density at radius 1 is 1.36 bits per heavy atom. The fourth-order valence-corrected chi connectivity index (χ4v) is 2.89. The molecule has 0 bridgehead atoms. The average molecular weight is 370 g/mol. The van der Waals surface area contributed by atoms with Crippen molar-refractivity contribution in [1.29, 1.82) is 0 Å². The second-order valence-corrected chi connectivity index (χ2v) is 7.32. The number of carbonyl (C=O) groups excluding carboxylic acids is 2. The first-order valence-corrected chi connectivity index (χ1v) is 7.82. The maximum Gasteiger partial charge on any atom is 0.408 e. The molecule has 2 rings (SSSR count). The van der Waals surface area contributed by atoms with E-state index in [-0.39, 0.29) is 5.92 Å². The standard InChI is InChI=1S/C16H20BrNO4/c1-15(2,3)22-14(20)18-16(13(19)21-4)9-12(16)10-6-5-7-11(17)8-10/h5-8,12H,9H2,1-4H3,(H,18,20). The van der Waals surface area contributed by atoms with Gasteiger partial charge in [0, 0.05) is 10.4 Å². The molecule has 0 saturated heterocycles. The number of nitrogens with one attached hydrogen (secondary N) is 1. The van der Waals surface area contributed by atoms with Gasteiger partial charge in [-0.25, -0.2) is 9.59 Å². The zero-order valence-electron chi connectivity index (χ0n) is 13.1. The highest BCUT2D eigenvalue weighted by atomic mass is 79.9. The Labute approximate surface area is 138 Å². The van der Waals surface area contributed by atoms with Crippen LogP contribution < -0.4 is 5.32 Å². The zero-order valence-corrected chi connectivity index (χ0v) is 14.7. The van der Waals surface area contributed by atoms with Gasteiger partial charge < -0.3 is 14.8 Å². The Morgan fingerprint density at radius 3 is 2.59 bits per heavy atom. The van der Waals surface area contributed by atoms with Crippen LogP contribution in [0.15, 0.2) is 28.7 Å². The Kier molecular flexibility index (Phi) is 4.52. The highest BCUT2D eigenvalue weighted by Gasteiger charge is 2.63. The third-order valence-electron chi connectivity index (χ3n) is 3.49. The van der Waals surface area contributed by atoms with Crippen LogP contribution in [0.2, 0.25) is 0 Å². The minimum Gasteiger partial charge on any atom is -0.467 e. The van der Waals surface area contributed by atoms with Crippen LogP contribution in [-0.2, 0) is 14.3 Å². The molecule has 0 aliphatic heterocycles. The van der Waals surface area contributed by atoms with Crippen molar-refractivity contribution >= 4 is 28.0 Å². The molecule has 1 saturated carbocycles. The molecule has 2 atom stereocenters. The number of carbonyl (C=O) groups is 2. The lowest BCUT2D eigenvalue weighted by Gasteiger charge is -2.23. The molecule has 1 amide bonds. The number of alkyl carbamates (subject to hydrolysis) is 1. The average Bonchev–Trinajstić information content (AvgIpc) is 3.11. The molecule has 1 N–H and O–H groups in total. The minimum atomic E-state index is -1.04. The summed E-state index contributed by atoms with van der Waals surface area (Å²) in [4.78, 5) is 24.2. The summed E-state index contributed by atoms with van der Waals surface area (Å²) in [6, 6.07) is 7.67. The molecule has 1 aliphatic carbocycles. The van der Waals surface area contributed by atoms with Crippen LogP contribution in [0.25, 0.3) is 0 Å². The summed E-state index contributed by atoms with van der Waals surface area (Å²) in [7, 11) is 1.32. The fraction of sp³-hybridized carbons (Fsp3) is 0.500. The van der Waals surface area contributed by atoms with Gasteiger partial charge >= 0.3 is 12.1 Å². The van der Waals surface area contributed by atoms with Crippen molar-refractivity contribution in [3.63, 3.8) is 0 Å². The third-order valence-corrected chi connectivity index (χ3v) is 3.98. The number of benzene rings is 1. The number of methoxy groups -OCH3 is 1. The maximum atomic E-state index is 12.2. The molecule has 5 nitrogen and oxygen atoms in total. The van der Waals surface area contributed by atoms with Gasteiger partial charge in [0.25, 0.3) is 0 Å². The maximum absolute atomic E-state index is 12.2. The highest BCUT2D eigenvalue weighted by molar-refractivity contribution is 9.10. The molecule has 22 heavy (non-hydrogen) atoms. The van der Waals surface area contributed by atoms with Gasteiger partial charge in [0.2, 0.25) is 0 Å². The molecule has 1 aliphatic rings. The fourth-order valence-electron chi connectivity index (χ4n) is 2.47. The molecular formula is C16H20BrNO4. The first-order valence-electron chi connectivity index (χ1n) is 7.03. The number of hydrogen-bond donors (Lipinski definition) is 1. The first kappa shape index (κ1) is 16.8. The van der Waals surface area contributed by atoms with E-state index in [1.807, 2.05) is 24.3 Å². The predicted octanol–water partition coefficient (Wildman–Crippen LogP) is 3.37. The molecule has 1 fully saturated rings. The number of ether oxygens (including phenoxy) is 2. The summed E-state index contributed by atoms with van der Waals surface area (Å²) in [6.45, 7) is 5.32. The van der Waals surface area contributed by atoms with Gasteiger partial charge in [-0.15, -0.1) is 0 Å². The topological polar surface area (TPSA) is 64.6 Å². The Hall–Kier alpha value is -1.56. The smallest absolute Gasteiger partial charge is 0.408 e. The quantitative estimate of drug-likeness (QED) is 0.829. The molecule has 0 radical (unpaired) electrons. The number of amides is 1. The molecule has 0 aromatic heterocycles. The van der Waals surface area contributed by atoms with Crippen LogP contribution in [0.4, 0.5) is 4.79 Å². The molecule has 0 spiro atoms. The van der Waals surface area contributed by atoms with Gasteiger partial charge in [-0.2, -0.15) is 0 Å². The lowest BCUT2D eigenvalue weighted by Crippen LogP contribution is -2.47. The summed E-state index contributed by atoms with van der Waals surface area (Å²) < 4.78 is 11.0. The molecule has 2 unspecified atom stereocenters. The van der Waals surface area contributed by atoms with E-state index in [1.165, 1.54) is 7.11 Å². The SMILES string of the molecule is COC(=O)C1(NC(=O)OC(C)(C)C)CC1c1cccc(Br)c1. The van der Waals surface area contributed by atoms with Crippen molar-refractivity contribution in [3.8, 4) is 0 Å². The summed E-state index contributed by atoms with van der Waals surface area (Å²) in [6.07, 6.45) is -0.120. The zero-order chi connectivity index (χ0) is 16.5. The van der Waals surface area contributed by atoms with Crippen LogP contribution in [0.5, 0.6) is 0 Å². The molecule has 1 aromatic rings. The van der Waals surface area contributed by atoms with E-state index in [9.17, 15) is 9.59 Å². The Balaban J connectivity index is 2.19. The van der Waals surface area contributed by atoms with Crippen molar-refractivity contribution in [2.75, 3.05) is 7.11 Å². The Bertz CT molecular complexity index is 596. The van der Waals surface area contributed by atoms with Crippen LogP contribution in [0.3, 0.4) is 0 Å². The summed E-state index contributed by atoms with van der Waals surface area (Å²) in [5, 5.41) is 2.69. The van der Waals surface area contributed by atoms with Crippen LogP contribution in [-0.4, -0.2) is 30.3 Å². The van der Waals surface area contributed by atoms with E-state index in [4.69, 9.17) is 9.47 Å². The number of esters is 1. The van der Waals surface area contributed by atoms with Gasteiger partial charge in [-0.05, 0) is 44.9 Å². The van der Waals surface area contributed by atoms with Gasteiger partial charge in [0.05, 0.1) is 7.11 Å². The van der Waals surface area contributed by atoms with Gasteiger partial charge in [0.1, 0.15) is 11.1 Å². The lowest BCUT2D eigenvalue weighted by molar-refractivity contribution is -0.144. The largest absolute Gasteiger partial charge is 0.467 e. The summed E-state index contributed by atoms with van der Waals surface area (Å²) in [5.74, 6) is -0.576. The van der Waals surface area contributed by atoms with Crippen LogP contribution in [0, 0.1) is 0 Å². The van der Waals surface area contributed by atoms with E-state index in [0.29, 0.717) is 6.42 Å². The number of hydrogen-bond acceptors (Lipinski definition) is 4. The van der Waals surface area contributed by atoms with Crippen molar-refractivity contribution in [1.82, 2.24) is 5.32 Å². The molecule has 6 heteroatoms. The van der Waals surface area contributed by atoms with Crippen molar-refractivity contribution in [3.05, 3.63) is 34.3 Å². The monoisotopic (exact) mass is 369 g/mol. The van der Waals surface area contributed by atoms with E-state index in [0.717, 1.165) is 10.0 Å². The van der Waals surface area contributed by atoms with E-state index < -0.39 is 23.2 Å². The summed E-state index contributed by atoms with van der Waals surface area (Å²) in [5.41, 5.74) is -0.699. The second-order valence-electron chi connectivity index (χ2n) is 6.40. The second kappa shape index (κ2) is 5.91. The minimum absolute atomic E-state index is 0.120. The highest BCUT2D eigenvalue weighted by Crippen LogP contribution is 2.52. The number of halogens is 1. The van der Waals surface area contributed by atoms with Gasteiger partial charge in [0.15, 0.2) is 0 Å². The molecular weight excluding hydrogens is 350 g/mol. The van der Waals surface area contributed by atoms with Crippen molar-refractivity contribution in [2.24, 2.45) is 0 Å². The van der Waals surface area contributed by atoms with Crippen molar-refractivity contribution < 1.29 is 19.1 Å². The van der Waals surface area contributed by atoms with E-state index in [1.54, 1.807) is 20.8 Å². The summed E-state index contributed by atoms with van der Waals surface area (Å²) >= 11 is 3.41.